The molecule has 0 bridgehead atoms. The fraction of sp³-hybridized carbons (Fsp3) is 0.143. The average Bonchev–Trinajstić information content (AvgIpc) is 2.80. The van der Waals surface area contributed by atoms with E-state index in [0.717, 1.165) is 25.0 Å². The minimum absolute atomic E-state index is 0.304. The molecule has 4 rings (SSSR count). The minimum atomic E-state index is -0.304. The highest BCUT2D eigenvalue weighted by Crippen LogP contribution is 2.28. The Morgan fingerprint density at radius 3 is 1.40 bits per heavy atom. The van der Waals surface area contributed by atoms with Crippen molar-refractivity contribution in [3.05, 3.63) is 138 Å². The first-order valence-electron chi connectivity index (χ1n) is 10.4. The molecule has 0 aliphatic rings. The number of hydrogen-bond donors (Lipinski definition) is 0. The zero-order valence-corrected chi connectivity index (χ0v) is 17.1. The maximum atomic E-state index is 5.22. The van der Waals surface area contributed by atoms with Gasteiger partial charge in [0.05, 0.1) is 11.2 Å². The third-order valence-electron chi connectivity index (χ3n) is 5.29. The molecule has 1 heterocycles. The van der Waals surface area contributed by atoms with Gasteiger partial charge in [-0.2, -0.15) is 0 Å². The van der Waals surface area contributed by atoms with Gasteiger partial charge in [-0.1, -0.05) is 97.1 Å². The second-order valence-electron chi connectivity index (χ2n) is 7.72. The molecule has 0 aliphatic heterocycles. The van der Waals surface area contributed by atoms with Crippen LogP contribution in [-0.2, 0) is 19.3 Å². The quantitative estimate of drug-likeness (QED) is 0.340. The monoisotopic (exact) mass is 390 g/mol. The zero-order valence-electron chi connectivity index (χ0n) is 17.1. The molecule has 0 saturated carbocycles. The lowest BCUT2D eigenvalue weighted by atomic mass is 9.80. The van der Waals surface area contributed by atoms with E-state index < -0.39 is 0 Å². The second-order valence-corrected chi connectivity index (χ2v) is 7.72. The van der Waals surface area contributed by atoms with E-state index in [4.69, 9.17) is 4.99 Å². The van der Waals surface area contributed by atoms with E-state index in [2.05, 4.69) is 96.0 Å². The summed E-state index contributed by atoms with van der Waals surface area (Å²) >= 11 is 0. The Kier molecular flexibility index (Phi) is 6.46. The molecule has 0 amide bonds. The van der Waals surface area contributed by atoms with Crippen LogP contribution < -0.4 is 0 Å². The van der Waals surface area contributed by atoms with Gasteiger partial charge in [-0.3, -0.25) is 9.98 Å². The van der Waals surface area contributed by atoms with Crippen LogP contribution in [-0.4, -0.2) is 16.7 Å². The van der Waals surface area contributed by atoms with Gasteiger partial charge >= 0.3 is 0 Å². The highest BCUT2D eigenvalue weighted by molar-refractivity contribution is 5.77. The van der Waals surface area contributed by atoms with Crippen molar-refractivity contribution in [3.63, 3.8) is 0 Å². The molecule has 2 heteroatoms. The van der Waals surface area contributed by atoms with E-state index in [9.17, 15) is 0 Å². The summed E-state index contributed by atoms with van der Waals surface area (Å²) in [6.45, 7) is 0. The molecule has 0 unspecified atom stereocenters. The molecule has 2 nitrogen and oxygen atoms in total. The lowest BCUT2D eigenvalue weighted by molar-refractivity contribution is 0.421. The molecule has 0 saturated heterocycles. The Balaban J connectivity index is 1.76. The normalized spacial score (nSPS) is 11.6. The second kappa shape index (κ2) is 9.80. The summed E-state index contributed by atoms with van der Waals surface area (Å²) < 4.78 is 0. The average molecular weight is 391 g/mol. The van der Waals surface area contributed by atoms with E-state index >= 15 is 0 Å². The molecular weight excluding hydrogens is 364 g/mol. The van der Waals surface area contributed by atoms with Gasteiger partial charge in [0.15, 0.2) is 0 Å². The lowest BCUT2D eigenvalue weighted by Gasteiger charge is -2.31. The molecule has 1 aromatic heterocycles. The van der Waals surface area contributed by atoms with Gasteiger partial charge in [-0.25, -0.2) is 0 Å². The van der Waals surface area contributed by atoms with E-state index in [1.54, 1.807) is 0 Å². The van der Waals surface area contributed by atoms with Gasteiger partial charge in [0.25, 0.3) is 0 Å². The summed E-state index contributed by atoms with van der Waals surface area (Å²) in [5, 5.41) is 0. The van der Waals surface area contributed by atoms with Crippen molar-refractivity contribution in [3.8, 4) is 0 Å². The summed E-state index contributed by atoms with van der Waals surface area (Å²) in [5.74, 6) is 0. The maximum Gasteiger partial charge on any atom is 0.0808 e. The first kappa shape index (κ1) is 19.8. The van der Waals surface area contributed by atoms with Crippen molar-refractivity contribution in [2.45, 2.75) is 24.8 Å². The van der Waals surface area contributed by atoms with Crippen LogP contribution in [0.5, 0.6) is 0 Å². The summed E-state index contributed by atoms with van der Waals surface area (Å²) in [4.78, 5) is 9.68. The van der Waals surface area contributed by atoms with Crippen LogP contribution in [0, 0.1) is 0 Å². The van der Waals surface area contributed by atoms with E-state index in [1.165, 1.54) is 16.7 Å². The molecular formula is C28H26N2. The molecule has 4 aromatic rings. The Hall–Kier alpha value is -3.52. The molecule has 0 radical (unpaired) electrons. The van der Waals surface area contributed by atoms with E-state index in [1.807, 2.05) is 30.6 Å². The molecule has 0 atom stereocenters. The number of hydrogen-bond acceptors (Lipinski definition) is 2. The van der Waals surface area contributed by atoms with Crippen LogP contribution in [0.2, 0.25) is 0 Å². The summed E-state index contributed by atoms with van der Waals surface area (Å²) in [6, 6.07) is 37.9. The lowest BCUT2D eigenvalue weighted by Crippen LogP contribution is -2.35. The topological polar surface area (TPSA) is 25.2 Å². The van der Waals surface area contributed by atoms with Gasteiger partial charge in [-0.05, 0) is 48.1 Å². The van der Waals surface area contributed by atoms with Crippen molar-refractivity contribution in [2.75, 3.05) is 0 Å². The number of rotatable bonds is 8. The fourth-order valence-electron chi connectivity index (χ4n) is 3.91. The van der Waals surface area contributed by atoms with Crippen LogP contribution in [0.15, 0.2) is 120 Å². The maximum absolute atomic E-state index is 5.22. The highest BCUT2D eigenvalue weighted by Gasteiger charge is 2.30. The fourth-order valence-corrected chi connectivity index (χ4v) is 3.91. The Bertz CT molecular complexity index is 941. The van der Waals surface area contributed by atoms with Gasteiger partial charge in [-0.15, -0.1) is 0 Å². The molecule has 30 heavy (non-hydrogen) atoms. The SMILES string of the molecule is C(=N\C(Cc1ccccc1)(Cc1ccccc1)Cc1ccccc1)/c1ccccn1. The van der Waals surface area contributed by atoms with Crippen molar-refractivity contribution in [1.82, 2.24) is 4.98 Å². The molecule has 0 N–H and O–H groups in total. The van der Waals surface area contributed by atoms with Gasteiger partial charge in [0.2, 0.25) is 0 Å². The number of aromatic nitrogens is 1. The molecule has 0 fully saturated rings. The van der Waals surface area contributed by atoms with Gasteiger partial charge in [0.1, 0.15) is 0 Å². The van der Waals surface area contributed by atoms with Crippen LogP contribution in [0.25, 0.3) is 0 Å². The number of benzene rings is 3. The number of aliphatic imine (C=N–C) groups is 1. The van der Waals surface area contributed by atoms with Gasteiger partial charge in [0, 0.05) is 12.4 Å². The standard InChI is InChI=1S/C28H26N2/c1-4-12-24(13-5-1)20-28(21-25-14-6-2-7-15-25,22-26-16-8-3-9-17-26)30-23-27-18-10-11-19-29-27/h1-19,23H,20-22H2/b30-23+. The number of pyridine rings is 1. The van der Waals surface area contributed by atoms with E-state index in [0.29, 0.717) is 0 Å². The third kappa shape index (κ3) is 5.51. The zero-order chi connectivity index (χ0) is 20.5. The van der Waals surface area contributed by atoms with Crippen LogP contribution in [0.4, 0.5) is 0 Å². The van der Waals surface area contributed by atoms with Crippen molar-refractivity contribution < 1.29 is 0 Å². The Morgan fingerprint density at radius 2 is 1.00 bits per heavy atom. The van der Waals surface area contributed by atoms with Crippen LogP contribution in [0.1, 0.15) is 22.4 Å². The minimum Gasteiger partial charge on any atom is -0.283 e. The van der Waals surface area contributed by atoms with Crippen LogP contribution >= 0.6 is 0 Å². The Labute approximate surface area is 179 Å². The predicted octanol–water partition coefficient (Wildman–Crippen LogP) is 5.97. The molecule has 3 aromatic carbocycles. The Morgan fingerprint density at radius 1 is 0.567 bits per heavy atom. The molecule has 0 aliphatic carbocycles. The van der Waals surface area contributed by atoms with Gasteiger partial charge < -0.3 is 0 Å². The first-order chi connectivity index (χ1) is 14.8. The van der Waals surface area contributed by atoms with E-state index in [-0.39, 0.29) is 5.54 Å². The molecule has 0 spiro atoms. The predicted molar refractivity (Wildman–Crippen MR) is 125 cm³/mol. The summed E-state index contributed by atoms with van der Waals surface area (Å²) in [7, 11) is 0. The third-order valence-corrected chi connectivity index (χ3v) is 5.29. The number of nitrogens with zero attached hydrogens (tertiary/aromatic N) is 2. The highest BCUT2D eigenvalue weighted by atomic mass is 14.9. The summed E-state index contributed by atoms with van der Waals surface area (Å²) in [6.07, 6.45) is 6.34. The summed E-state index contributed by atoms with van der Waals surface area (Å²) in [5.41, 5.74) is 4.46. The smallest absolute Gasteiger partial charge is 0.0808 e. The van der Waals surface area contributed by atoms with Crippen LogP contribution in [0.3, 0.4) is 0 Å². The molecule has 148 valence electrons. The van der Waals surface area contributed by atoms with Crippen molar-refractivity contribution in [2.24, 2.45) is 4.99 Å². The first-order valence-corrected chi connectivity index (χ1v) is 10.4. The largest absolute Gasteiger partial charge is 0.283 e. The van der Waals surface area contributed by atoms with Crippen molar-refractivity contribution >= 4 is 6.21 Å². The van der Waals surface area contributed by atoms with Crippen molar-refractivity contribution in [1.29, 1.82) is 0 Å².